The van der Waals surface area contributed by atoms with Gasteiger partial charge in [0, 0.05) is 39.2 Å². The van der Waals surface area contributed by atoms with E-state index in [2.05, 4.69) is 39.3 Å². The molecule has 0 N–H and O–H groups in total. The van der Waals surface area contributed by atoms with Crippen LogP contribution in [0.15, 0.2) is 69.1 Å². The van der Waals surface area contributed by atoms with Crippen molar-refractivity contribution < 1.29 is 13.7 Å². The van der Waals surface area contributed by atoms with Crippen molar-refractivity contribution in [1.82, 2.24) is 15.0 Å². The molecular weight excluding hydrogens is 424 g/mol. The number of rotatable bonds is 10. The number of hydrogen-bond acceptors (Lipinski definition) is 7. The molecule has 8 heteroatoms. The number of aryl methyl sites for hydroxylation is 1. The molecule has 0 aliphatic heterocycles. The van der Waals surface area contributed by atoms with Crippen LogP contribution >= 0.6 is 11.3 Å². The van der Waals surface area contributed by atoms with Gasteiger partial charge in [-0.05, 0) is 47.7 Å². The van der Waals surface area contributed by atoms with Gasteiger partial charge in [-0.3, -0.25) is 4.79 Å². The molecule has 0 atom stereocenters. The van der Waals surface area contributed by atoms with E-state index in [1.807, 2.05) is 48.6 Å². The summed E-state index contributed by atoms with van der Waals surface area (Å²) < 4.78 is 10.8. The molecule has 1 amide bonds. The van der Waals surface area contributed by atoms with Crippen molar-refractivity contribution in [3.63, 3.8) is 0 Å². The van der Waals surface area contributed by atoms with Crippen molar-refractivity contribution in [2.75, 3.05) is 19.0 Å². The second kappa shape index (κ2) is 10.3. The second-order valence-electron chi connectivity index (χ2n) is 7.73. The quantitative estimate of drug-likeness (QED) is 0.338. The number of furan rings is 1. The number of amides is 1. The summed E-state index contributed by atoms with van der Waals surface area (Å²) in [4.78, 5) is 22.3. The van der Waals surface area contributed by atoms with Gasteiger partial charge in [-0.2, -0.15) is 4.98 Å². The Hall–Kier alpha value is -3.39. The smallest absolute Gasteiger partial charge is 0.226 e. The maximum absolute atomic E-state index is 13.0. The molecule has 0 spiro atoms. The van der Waals surface area contributed by atoms with E-state index < -0.39 is 0 Å². The van der Waals surface area contributed by atoms with Gasteiger partial charge in [0.05, 0.1) is 17.7 Å². The van der Waals surface area contributed by atoms with E-state index in [1.54, 1.807) is 17.6 Å². The third kappa shape index (κ3) is 5.64. The first-order valence-corrected chi connectivity index (χ1v) is 11.4. The Morgan fingerprint density at radius 3 is 2.59 bits per heavy atom. The molecule has 3 heterocycles. The summed E-state index contributed by atoms with van der Waals surface area (Å²) >= 11 is 1.57. The maximum atomic E-state index is 13.0. The molecule has 0 bridgehead atoms. The molecule has 4 rings (SSSR count). The summed E-state index contributed by atoms with van der Waals surface area (Å²) in [5, 5.41) is 6.01. The molecule has 0 fully saturated rings. The van der Waals surface area contributed by atoms with Crippen molar-refractivity contribution in [2.45, 2.75) is 32.4 Å². The van der Waals surface area contributed by atoms with Gasteiger partial charge in [-0.1, -0.05) is 23.4 Å². The van der Waals surface area contributed by atoms with Crippen LogP contribution in [0, 0.1) is 0 Å². The van der Waals surface area contributed by atoms with Gasteiger partial charge in [-0.25, -0.2) is 0 Å². The number of carbonyl (C=O) groups excluding carboxylic acids is 1. The summed E-state index contributed by atoms with van der Waals surface area (Å²) in [6, 6.07) is 15.9. The average Bonchev–Trinajstić information content (AvgIpc) is 3.56. The zero-order valence-electron chi connectivity index (χ0n) is 18.2. The van der Waals surface area contributed by atoms with Crippen molar-refractivity contribution in [3.8, 4) is 10.7 Å². The summed E-state index contributed by atoms with van der Waals surface area (Å²) in [6.45, 7) is 0.959. The number of aromatic nitrogens is 2. The Balaban J connectivity index is 1.36. The molecular formula is C24H26N4O3S. The molecule has 1 aromatic carbocycles. The van der Waals surface area contributed by atoms with Crippen molar-refractivity contribution in [3.05, 3.63) is 77.4 Å². The molecule has 0 aliphatic rings. The molecule has 0 radical (unpaired) electrons. The molecule has 4 aromatic rings. The van der Waals surface area contributed by atoms with E-state index >= 15 is 0 Å². The first kappa shape index (κ1) is 21.8. The highest BCUT2D eigenvalue weighted by Crippen LogP contribution is 2.22. The minimum atomic E-state index is 0.0658. The lowest BCUT2D eigenvalue weighted by molar-refractivity contribution is -0.132. The lowest BCUT2D eigenvalue weighted by Crippen LogP contribution is -2.29. The van der Waals surface area contributed by atoms with E-state index in [4.69, 9.17) is 8.94 Å². The average molecular weight is 451 g/mol. The summed E-state index contributed by atoms with van der Waals surface area (Å²) in [5.74, 6) is 1.98. The molecule has 3 aromatic heterocycles. The molecule has 0 saturated heterocycles. The first-order valence-electron chi connectivity index (χ1n) is 10.5. The fraction of sp³-hybridized carbons (Fsp3) is 0.292. The van der Waals surface area contributed by atoms with Crippen LogP contribution in [-0.4, -0.2) is 35.0 Å². The number of hydrogen-bond donors (Lipinski definition) is 0. The van der Waals surface area contributed by atoms with Gasteiger partial charge in [0.25, 0.3) is 0 Å². The Morgan fingerprint density at radius 1 is 1.06 bits per heavy atom. The van der Waals surface area contributed by atoms with Crippen LogP contribution in [0.3, 0.4) is 0 Å². The number of anilines is 1. The summed E-state index contributed by atoms with van der Waals surface area (Å²) in [6.07, 6.45) is 3.23. The molecule has 166 valence electrons. The van der Waals surface area contributed by atoms with Gasteiger partial charge in [0.2, 0.25) is 17.6 Å². The van der Waals surface area contributed by atoms with E-state index in [1.165, 1.54) is 0 Å². The SMILES string of the molecule is CN(C)c1ccc(CN(Cc2ccco2)C(=O)CCCc2nc(-c3cccs3)no2)cc1. The minimum absolute atomic E-state index is 0.0658. The summed E-state index contributed by atoms with van der Waals surface area (Å²) in [5.41, 5.74) is 2.20. The van der Waals surface area contributed by atoms with Crippen LogP contribution in [0.5, 0.6) is 0 Å². The molecule has 0 saturated carbocycles. The Morgan fingerprint density at radius 2 is 1.91 bits per heavy atom. The number of nitrogens with zero attached hydrogens (tertiary/aromatic N) is 4. The van der Waals surface area contributed by atoms with Gasteiger partial charge >= 0.3 is 0 Å². The third-order valence-electron chi connectivity index (χ3n) is 5.10. The van der Waals surface area contributed by atoms with Gasteiger partial charge < -0.3 is 18.7 Å². The van der Waals surface area contributed by atoms with E-state index in [0.717, 1.165) is 21.9 Å². The van der Waals surface area contributed by atoms with Crippen LogP contribution in [0.4, 0.5) is 5.69 Å². The molecule has 32 heavy (non-hydrogen) atoms. The fourth-order valence-corrected chi connectivity index (χ4v) is 4.00. The van der Waals surface area contributed by atoms with E-state index in [0.29, 0.717) is 44.1 Å². The van der Waals surface area contributed by atoms with E-state index in [-0.39, 0.29) is 5.91 Å². The number of thiophene rings is 1. The summed E-state index contributed by atoms with van der Waals surface area (Å²) in [7, 11) is 4.02. The largest absolute Gasteiger partial charge is 0.467 e. The zero-order valence-corrected chi connectivity index (χ0v) is 19.0. The lowest BCUT2D eigenvalue weighted by atomic mass is 10.1. The Bertz CT molecular complexity index is 1100. The molecule has 0 unspecified atom stereocenters. The predicted molar refractivity (Wildman–Crippen MR) is 124 cm³/mol. The van der Waals surface area contributed by atoms with Crippen LogP contribution in [0.2, 0.25) is 0 Å². The molecule has 7 nitrogen and oxygen atoms in total. The van der Waals surface area contributed by atoms with Gasteiger partial charge in [-0.15, -0.1) is 11.3 Å². The minimum Gasteiger partial charge on any atom is -0.467 e. The first-order chi connectivity index (χ1) is 15.6. The van der Waals surface area contributed by atoms with Crippen LogP contribution in [-0.2, 0) is 24.3 Å². The van der Waals surface area contributed by atoms with E-state index in [9.17, 15) is 4.79 Å². The number of benzene rings is 1. The van der Waals surface area contributed by atoms with Crippen molar-refractivity contribution >= 4 is 22.9 Å². The maximum Gasteiger partial charge on any atom is 0.226 e. The highest BCUT2D eigenvalue weighted by molar-refractivity contribution is 7.13. The third-order valence-corrected chi connectivity index (χ3v) is 5.96. The normalized spacial score (nSPS) is 10.9. The number of carbonyl (C=O) groups is 1. The highest BCUT2D eigenvalue weighted by Gasteiger charge is 2.17. The van der Waals surface area contributed by atoms with Crippen LogP contribution in [0.1, 0.15) is 30.1 Å². The fourth-order valence-electron chi connectivity index (χ4n) is 3.35. The van der Waals surface area contributed by atoms with Crippen LogP contribution in [0.25, 0.3) is 10.7 Å². The predicted octanol–water partition coefficient (Wildman–Crippen LogP) is 5.01. The zero-order chi connectivity index (χ0) is 22.3. The van der Waals surface area contributed by atoms with Gasteiger partial charge in [0.1, 0.15) is 5.76 Å². The van der Waals surface area contributed by atoms with Crippen molar-refractivity contribution in [1.29, 1.82) is 0 Å². The van der Waals surface area contributed by atoms with Crippen LogP contribution < -0.4 is 4.90 Å². The second-order valence-corrected chi connectivity index (χ2v) is 8.68. The highest BCUT2D eigenvalue weighted by atomic mass is 32.1. The Kier molecular flexibility index (Phi) is 7.01. The topological polar surface area (TPSA) is 75.6 Å². The standard InChI is InChI=1S/C24H26N4O3S/c1-27(2)19-12-10-18(11-13-19)16-28(17-20-6-4-14-30-20)23(29)9-3-8-22-25-24(26-31-22)21-7-5-15-32-21/h4-7,10-15H,3,8-9,16-17H2,1-2H3. The molecule has 0 aliphatic carbocycles. The van der Waals surface area contributed by atoms with Crippen molar-refractivity contribution in [2.24, 2.45) is 0 Å². The van der Waals surface area contributed by atoms with Gasteiger partial charge in [0.15, 0.2) is 0 Å². The monoisotopic (exact) mass is 450 g/mol. The Labute approximate surface area is 191 Å². The lowest BCUT2D eigenvalue weighted by Gasteiger charge is -2.22.